The number of thiocarbonyl (C=S) groups is 1. The number of nitrogens with one attached hydrogen (secondary N) is 1. The van der Waals surface area contributed by atoms with Crippen LogP contribution in [0.1, 0.15) is 30.9 Å². The van der Waals surface area contributed by atoms with Gasteiger partial charge >= 0.3 is 6.01 Å². The number of hydrogen-bond acceptors (Lipinski definition) is 5. The third-order valence-corrected chi connectivity index (χ3v) is 5.81. The minimum absolute atomic E-state index is 0.217. The number of nitrogens with two attached hydrogens (primary N) is 1. The zero-order chi connectivity index (χ0) is 22.1. The zero-order valence-electron chi connectivity index (χ0n) is 17.2. The molecule has 0 amide bonds. The molecule has 1 fully saturated rings. The van der Waals surface area contributed by atoms with Crippen LogP contribution >= 0.6 is 12.2 Å². The Bertz CT molecular complexity index is 1340. The lowest BCUT2D eigenvalue weighted by atomic mass is 9.92. The number of anilines is 1. The predicted octanol–water partition coefficient (Wildman–Crippen LogP) is 5.14. The second-order valence-electron chi connectivity index (χ2n) is 7.67. The van der Waals surface area contributed by atoms with Crippen molar-refractivity contribution in [1.29, 1.82) is 5.26 Å². The fourth-order valence-corrected chi connectivity index (χ4v) is 4.19. The van der Waals surface area contributed by atoms with Gasteiger partial charge in [-0.3, -0.25) is 0 Å². The van der Waals surface area contributed by atoms with Gasteiger partial charge in [0.15, 0.2) is 5.11 Å². The smallest absolute Gasteiger partial charge is 0.321 e. The van der Waals surface area contributed by atoms with Gasteiger partial charge in [-0.2, -0.15) is 5.26 Å². The lowest BCUT2D eigenvalue weighted by molar-refractivity contribution is 0.324. The van der Waals surface area contributed by atoms with Gasteiger partial charge < -0.3 is 20.4 Å². The molecule has 0 spiro atoms. The van der Waals surface area contributed by atoms with E-state index in [0.717, 1.165) is 40.7 Å². The first-order valence-corrected chi connectivity index (χ1v) is 10.7. The van der Waals surface area contributed by atoms with Crippen LogP contribution in [0.3, 0.4) is 0 Å². The molecule has 1 aliphatic rings. The fourth-order valence-electron chi connectivity index (χ4n) is 4.07. The molecule has 5 rings (SSSR count). The van der Waals surface area contributed by atoms with Crippen molar-refractivity contribution in [3.05, 3.63) is 66.5 Å². The topological polar surface area (TPSA) is 102 Å². The molecular formula is C24H20N6OS. The number of ether oxygens (including phenoxy) is 1. The summed E-state index contributed by atoms with van der Waals surface area (Å²) in [6.07, 6.45) is 6.61. The van der Waals surface area contributed by atoms with Crippen LogP contribution in [0.15, 0.2) is 60.9 Å². The summed E-state index contributed by atoms with van der Waals surface area (Å²) in [6.45, 7) is 0. The highest BCUT2D eigenvalue weighted by Crippen LogP contribution is 2.43. The Morgan fingerprint density at radius 3 is 2.53 bits per heavy atom. The molecular weight excluding hydrogens is 420 g/mol. The maximum atomic E-state index is 10.1. The Hall–Kier alpha value is -3.96. The van der Waals surface area contributed by atoms with E-state index >= 15 is 0 Å². The molecule has 2 aromatic heterocycles. The molecule has 4 aromatic rings. The standard InChI is InChI=1S/C24H20N6OS/c25-14-20-19-10-9-18(31-24-27-11-2-12-28-24)13-21(19)30(17-3-1-4-17)22(20)15-5-7-16(8-6-15)29-23(26)32/h2,5-13,17H,1,3-4H2,(H3,26,29,32). The van der Waals surface area contributed by atoms with E-state index in [2.05, 4.69) is 25.9 Å². The van der Waals surface area contributed by atoms with E-state index in [1.165, 1.54) is 6.42 Å². The summed E-state index contributed by atoms with van der Waals surface area (Å²) in [6, 6.07) is 18.4. The minimum atomic E-state index is 0.217. The Balaban J connectivity index is 1.64. The molecule has 0 bridgehead atoms. The fraction of sp³-hybridized carbons (Fsp3) is 0.167. The number of benzene rings is 2. The van der Waals surface area contributed by atoms with E-state index in [9.17, 15) is 5.26 Å². The lowest BCUT2D eigenvalue weighted by Gasteiger charge is -2.30. The molecule has 0 aliphatic heterocycles. The predicted molar refractivity (Wildman–Crippen MR) is 127 cm³/mol. The number of aromatic nitrogens is 3. The van der Waals surface area contributed by atoms with E-state index < -0.39 is 0 Å². The summed E-state index contributed by atoms with van der Waals surface area (Å²) >= 11 is 4.92. The van der Waals surface area contributed by atoms with Crippen molar-refractivity contribution in [2.45, 2.75) is 25.3 Å². The quantitative estimate of drug-likeness (QED) is 0.414. The molecule has 0 saturated heterocycles. The summed E-state index contributed by atoms with van der Waals surface area (Å²) < 4.78 is 8.15. The number of rotatable bonds is 5. The minimum Gasteiger partial charge on any atom is -0.424 e. The molecule has 32 heavy (non-hydrogen) atoms. The van der Waals surface area contributed by atoms with E-state index in [4.69, 9.17) is 22.7 Å². The van der Waals surface area contributed by atoms with Gasteiger partial charge in [0.1, 0.15) is 11.8 Å². The molecule has 1 saturated carbocycles. The van der Waals surface area contributed by atoms with Gasteiger partial charge in [0.05, 0.1) is 16.8 Å². The molecule has 2 aromatic carbocycles. The molecule has 7 nitrogen and oxygen atoms in total. The second kappa shape index (κ2) is 8.29. The van der Waals surface area contributed by atoms with Gasteiger partial charge in [-0.05, 0) is 67.4 Å². The molecule has 3 N–H and O–H groups in total. The van der Waals surface area contributed by atoms with E-state index in [1.54, 1.807) is 18.5 Å². The number of nitriles is 1. The first-order chi connectivity index (χ1) is 15.6. The number of nitrogens with zero attached hydrogens (tertiary/aromatic N) is 4. The van der Waals surface area contributed by atoms with Gasteiger partial charge in [0.2, 0.25) is 0 Å². The Labute approximate surface area is 190 Å². The van der Waals surface area contributed by atoms with Crippen molar-refractivity contribution in [3.8, 4) is 29.1 Å². The second-order valence-corrected chi connectivity index (χ2v) is 8.11. The van der Waals surface area contributed by atoms with Crippen molar-refractivity contribution < 1.29 is 4.74 Å². The molecule has 2 heterocycles. The van der Waals surface area contributed by atoms with Crippen molar-refractivity contribution in [3.63, 3.8) is 0 Å². The van der Waals surface area contributed by atoms with Crippen LogP contribution in [0.2, 0.25) is 0 Å². The van der Waals surface area contributed by atoms with Crippen molar-refractivity contribution >= 4 is 33.9 Å². The maximum Gasteiger partial charge on any atom is 0.321 e. The third-order valence-electron chi connectivity index (χ3n) is 5.70. The number of fused-ring (bicyclic) bond motifs is 1. The van der Waals surface area contributed by atoms with Crippen molar-refractivity contribution in [2.24, 2.45) is 5.73 Å². The summed E-state index contributed by atoms with van der Waals surface area (Å²) in [5, 5.41) is 14.1. The molecule has 0 unspecified atom stereocenters. The molecule has 8 heteroatoms. The van der Waals surface area contributed by atoms with Crippen LogP contribution in [0, 0.1) is 11.3 Å². The van der Waals surface area contributed by atoms with Gasteiger partial charge in [-0.25, -0.2) is 9.97 Å². The highest BCUT2D eigenvalue weighted by molar-refractivity contribution is 7.80. The van der Waals surface area contributed by atoms with Crippen LogP contribution < -0.4 is 15.8 Å². The Morgan fingerprint density at radius 1 is 1.16 bits per heavy atom. The van der Waals surface area contributed by atoms with Crippen LogP contribution in [0.25, 0.3) is 22.2 Å². The van der Waals surface area contributed by atoms with Gasteiger partial charge in [-0.1, -0.05) is 12.1 Å². The average Bonchev–Trinajstić information content (AvgIpc) is 3.07. The van der Waals surface area contributed by atoms with Crippen molar-refractivity contribution in [2.75, 3.05) is 5.32 Å². The van der Waals surface area contributed by atoms with Gasteiger partial charge in [-0.15, -0.1) is 0 Å². The van der Waals surface area contributed by atoms with Crippen LogP contribution in [0.5, 0.6) is 11.8 Å². The first-order valence-electron chi connectivity index (χ1n) is 10.3. The highest BCUT2D eigenvalue weighted by atomic mass is 32.1. The van der Waals surface area contributed by atoms with Crippen LogP contribution in [0.4, 0.5) is 5.69 Å². The highest BCUT2D eigenvalue weighted by Gasteiger charge is 2.28. The summed E-state index contributed by atoms with van der Waals surface area (Å²) in [5.41, 5.74) is 9.90. The van der Waals surface area contributed by atoms with Gasteiger partial charge in [0.25, 0.3) is 0 Å². The molecule has 0 radical (unpaired) electrons. The van der Waals surface area contributed by atoms with E-state index in [1.807, 2.05) is 42.5 Å². The Morgan fingerprint density at radius 2 is 1.91 bits per heavy atom. The Kier molecular flexibility index (Phi) is 5.17. The summed E-state index contributed by atoms with van der Waals surface area (Å²) in [7, 11) is 0. The summed E-state index contributed by atoms with van der Waals surface area (Å²) in [5.74, 6) is 0.633. The molecule has 1 aliphatic carbocycles. The first kappa shape index (κ1) is 20.0. The largest absolute Gasteiger partial charge is 0.424 e. The maximum absolute atomic E-state index is 10.1. The van der Waals surface area contributed by atoms with E-state index in [0.29, 0.717) is 17.4 Å². The summed E-state index contributed by atoms with van der Waals surface area (Å²) in [4.78, 5) is 8.28. The normalized spacial score (nSPS) is 13.3. The lowest BCUT2D eigenvalue weighted by Crippen LogP contribution is -2.19. The SMILES string of the molecule is N#Cc1c(-c2ccc(NC(N)=S)cc2)n(C2CCC2)c2cc(Oc3ncccn3)ccc12. The van der Waals surface area contributed by atoms with E-state index in [-0.39, 0.29) is 11.1 Å². The number of hydrogen-bond donors (Lipinski definition) is 2. The average molecular weight is 441 g/mol. The van der Waals surface area contributed by atoms with Crippen LogP contribution in [-0.4, -0.2) is 19.6 Å². The van der Waals surface area contributed by atoms with Crippen molar-refractivity contribution in [1.82, 2.24) is 14.5 Å². The monoisotopic (exact) mass is 440 g/mol. The third kappa shape index (κ3) is 3.63. The molecule has 158 valence electrons. The molecule has 0 atom stereocenters. The zero-order valence-corrected chi connectivity index (χ0v) is 18.0. The van der Waals surface area contributed by atoms with Crippen LogP contribution in [-0.2, 0) is 0 Å². The van der Waals surface area contributed by atoms with Gasteiger partial charge in [0, 0.05) is 35.6 Å².